The van der Waals surface area contributed by atoms with Crippen LogP contribution >= 0.6 is 11.6 Å². The molecule has 1 rings (SSSR count). The highest BCUT2D eigenvalue weighted by atomic mass is 35.5. The predicted molar refractivity (Wildman–Crippen MR) is 46.0 cm³/mol. The van der Waals surface area contributed by atoms with E-state index in [9.17, 15) is 0 Å². The number of nitriles is 1. The van der Waals surface area contributed by atoms with Gasteiger partial charge < -0.3 is 0 Å². The largest absolute Gasteiger partial charge is 0.192 e. The molecule has 0 saturated heterocycles. The van der Waals surface area contributed by atoms with E-state index < -0.39 is 0 Å². The Balaban J connectivity index is 3.15. The van der Waals surface area contributed by atoms with E-state index in [1.807, 2.05) is 18.2 Å². The molecular weight excluding hydrogens is 158 g/mol. The molecule has 1 aromatic rings. The summed E-state index contributed by atoms with van der Waals surface area (Å²) in [6, 6.07) is 9.36. The Morgan fingerprint density at radius 3 is 2.73 bits per heavy atom. The van der Waals surface area contributed by atoms with Crippen LogP contribution in [-0.4, -0.2) is 0 Å². The summed E-state index contributed by atoms with van der Waals surface area (Å²) in [6.45, 7) is 0. The second-order valence-electron chi connectivity index (χ2n) is 1.99. The lowest BCUT2D eigenvalue weighted by Crippen LogP contribution is -1.78. The molecule has 0 amide bonds. The molecule has 0 saturated carbocycles. The predicted octanol–water partition coefficient (Wildman–Crippen LogP) is 2.77. The normalized spacial score (nSPS) is 9.82. The van der Waals surface area contributed by atoms with E-state index >= 15 is 0 Å². The van der Waals surface area contributed by atoms with Crippen molar-refractivity contribution in [1.29, 1.82) is 5.26 Å². The maximum absolute atomic E-state index is 8.62. The first-order chi connectivity index (χ1) is 5.38. The Labute approximate surface area is 70.5 Å². The fourth-order valence-corrected chi connectivity index (χ4v) is 0.948. The fourth-order valence-electron chi connectivity index (χ4n) is 0.812. The average molecular weight is 164 g/mol. The van der Waals surface area contributed by atoms with Crippen LogP contribution in [0.15, 0.2) is 29.8 Å². The minimum absolute atomic E-state index is 0.643. The zero-order valence-electron chi connectivity index (χ0n) is 5.79. The fraction of sp³-hybridized carbons (Fsp3) is 0. The molecule has 0 N–H and O–H groups in total. The zero-order chi connectivity index (χ0) is 8.10. The van der Waals surface area contributed by atoms with Crippen molar-refractivity contribution in [3.05, 3.63) is 40.9 Å². The number of hydrogen-bond donors (Lipinski definition) is 0. The van der Waals surface area contributed by atoms with E-state index in [1.54, 1.807) is 12.1 Å². The summed E-state index contributed by atoms with van der Waals surface area (Å²) in [5.41, 5.74) is 2.89. The van der Waals surface area contributed by atoms with Gasteiger partial charge in [0.2, 0.25) is 0 Å². The second kappa shape index (κ2) is 3.80. The number of benzene rings is 1. The number of halogens is 1. The summed E-state index contributed by atoms with van der Waals surface area (Å²) >= 11 is 5.38. The van der Waals surface area contributed by atoms with Crippen molar-refractivity contribution in [2.75, 3.05) is 0 Å². The summed E-state index contributed by atoms with van der Waals surface area (Å²) in [6.07, 6.45) is 1.69. The summed E-state index contributed by atoms with van der Waals surface area (Å²) in [7, 11) is 0. The van der Waals surface area contributed by atoms with E-state index in [-0.39, 0.29) is 0 Å². The van der Waals surface area contributed by atoms with Gasteiger partial charge in [0.1, 0.15) is 0 Å². The molecule has 1 nitrogen and oxygen atoms in total. The van der Waals surface area contributed by atoms with Crippen molar-refractivity contribution in [2.45, 2.75) is 0 Å². The van der Waals surface area contributed by atoms with E-state index in [0.29, 0.717) is 5.56 Å². The molecular formula is C9H6ClN. The quantitative estimate of drug-likeness (QED) is 0.625. The Hall–Kier alpha value is -1.26. The van der Waals surface area contributed by atoms with Crippen LogP contribution in [0.3, 0.4) is 0 Å². The van der Waals surface area contributed by atoms with Crippen LogP contribution in [-0.2, 0) is 0 Å². The van der Waals surface area contributed by atoms with Gasteiger partial charge in [0.15, 0.2) is 0 Å². The summed E-state index contributed by atoms with van der Waals surface area (Å²) in [5.74, 6) is 0. The van der Waals surface area contributed by atoms with Gasteiger partial charge in [-0.2, -0.15) is 5.26 Å². The third kappa shape index (κ3) is 1.83. The van der Waals surface area contributed by atoms with Crippen molar-refractivity contribution in [3.63, 3.8) is 0 Å². The lowest BCUT2D eigenvalue weighted by atomic mass is 10.1. The molecule has 0 bridgehead atoms. The molecule has 0 spiro atoms. The van der Waals surface area contributed by atoms with Gasteiger partial charge in [-0.1, -0.05) is 29.8 Å². The van der Waals surface area contributed by atoms with Gasteiger partial charge in [0.05, 0.1) is 11.6 Å². The highest BCUT2D eigenvalue weighted by molar-refractivity contribution is 6.27. The van der Waals surface area contributed by atoms with Crippen molar-refractivity contribution >= 4 is 17.7 Å². The Bertz CT molecular complexity index is 310. The molecule has 11 heavy (non-hydrogen) atoms. The molecule has 54 valence electrons. The monoisotopic (exact) mass is 163 g/mol. The standard InChI is InChI=1S/C9H6ClN/c10-6-5-8-3-1-2-4-9(8)7-11/h1-6H/b6-5+. The minimum Gasteiger partial charge on any atom is -0.192 e. The van der Waals surface area contributed by atoms with Crippen LogP contribution < -0.4 is 0 Å². The highest BCUT2D eigenvalue weighted by Gasteiger charge is 1.93. The van der Waals surface area contributed by atoms with Crippen molar-refractivity contribution in [3.8, 4) is 6.07 Å². The first-order valence-corrected chi connectivity index (χ1v) is 3.58. The van der Waals surface area contributed by atoms with E-state index in [0.717, 1.165) is 5.56 Å². The summed E-state index contributed by atoms with van der Waals surface area (Å²) in [4.78, 5) is 0. The van der Waals surface area contributed by atoms with Crippen molar-refractivity contribution in [1.82, 2.24) is 0 Å². The third-order valence-electron chi connectivity index (χ3n) is 1.32. The Morgan fingerprint density at radius 2 is 2.09 bits per heavy atom. The van der Waals surface area contributed by atoms with Crippen LogP contribution in [0.5, 0.6) is 0 Å². The minimum atomic E-state index is 0.643. The molecule has 0 heterocycles. The smallest absolute Gasteiger partial charge is 0.0997 e. The van der Waals surface area contributed by atoms with Crippen LogP contribution in [0.2, 0.25) is 0 Å². The maximum atomic E-state index is 8.62. The van der Waals surface area contributed by atoms with Crippen LogP contribution in [0.4, 0.5) is 0 Å². The SMILES string of the molecule is N#Cc1ccccc1/C=C/Cl. The van der Waals surface area contributed by atoms with Crippen LogP contribution in [0.25, 0.3) is 6.08 Å². The lowest BCUT2D eigenvalue weighted by molar-refractivity contribution is 1.47. The molecule has 0 aliphatic carbocycles. The lowest BCUT2D eigenvalue weighted by Gasteiger charge is -1.93. The zero-order valence-corrected chi connectivity index (χ0v) is 6.55. The van der Waals surface area contributed by atoms with Crippen molar-refractivity contribution < 1.29 is 0 Å². The molecule has 2 heteroatoms. The summed E-state index contributed by atoms with van der Waals surface area (Å²) in [5, 5.41) is 8.62. The first kappa shape index (κ1) is 7.84. The number of hydrogen-bond acceptors (Lipinski definition) is 1. The van der Waals surface area contributed by atoms with E-state index in [1.165, 1.54) is 5.54 Å². The molecule has 0 radical (unpaired) electrons. The van der Waals surface area contributed by atoms with Gasteiger partial charge in [-0.15, -0.1) is 0 Å². The second-order valence-corrected chi connectivity index (χ2v) is 2.24. The molecule has 0 aromatic heterocycles. The molecule has 0 aliphatic heterocycles. The molecule has 0 atom stereocenters. The summed E-state index contributed by atoms with van der Waals surface area (Å²) < 4.78 is 0. The van der Waals surface area contributed by atoms with Gasteiger partial charge in [-0.05, 0) is 17.7 Å². The van der Waals surface area contributed by atoms with Gasteiger partial charge in [0.25, 0.3) is 0 Å². The number of nitrogens with zero attached hydrogens (tertiary/aromatic N) is 1. The van der Waals surface area contributed by atoms with Gasteiger partial charge in [-0.3, -0.25) is 0 Å². The van der Waals surface area contributed by atoms with Crippen molar-refractivity contribution in [2.24, 2.45) is 0 Å². The van der Waals surface area contributed by atoms with Gasteiger partial charge in [0, 0.05) is 5.54 Å². The number of rotatable bonds is 1. The van der Waals surface area contributed by atoms with Gasteiger partial charge >= 0.3 is 0 Å². The Kier molecular flexibility index (Phi) is 2.71. The molecule has 0 fully saturated rings. The van der Waals surface area contributed by atoms with Gasteiger partial charge in [-0.25, -0.2) is 0 Å². The maximum Gasteiger partial charge on any atom is 0.0997 e. The van der Waals surface area contributed by atoms with Crippen LogP contribution in [0.1, 0.15) is 11.1 Å². The molecule has 0 unspecified atom stereocenters. The van der Waals surface area contributed by atoms with E-state index in [4.69, 9.17) is 16.9 Å². The molecule has 1 aromatic carbocycles. The Morgan fingerprint density at radius 1 is 1.36 bits per heavy atom. The van der Waals surface area contributed by atoms with Crippen LogP contribution in [0, 0.1) is 11.3 Å². The van der Waals surface area contributed by atoms with E-state index in [2.05, 4.69) is 6.07 Å². The average Bonchev–Trinajstić information content (AvgIpc) is 2.06. The third-order valence-corrected chi connectivity index (χ3v) is 1.45. The highest BCUT2D eigenvalue weighted by Crippen LogP contribution is 2.09. The molecule has 0 aliphatic rings. The topological polar surface area (TPSA) is 23.8 Å². The first-order valence-electron chi connectivity index (χ1n) is 3.14.